The van der Waals surface area contributed by atoms with Gasteiger partial charge in [0.15, 0.2) is 0 Å². The molecule has 1 saturated heterocycles. The summed E-state index contributed by atoms with van der Waals surface area (Å²) in [5.74, 6) is -0.281. The number of nitrogens with zero attached hydrogens (tertiary/aromatic N) is 3. The van der Waals surface area contributed by atoms with Gasteiger partial charge < -0.3 is 10.2 Å². The number of nitrogens with one attached hydrogen (secondary N) is 2. The van der Waals surface area contributed by atoms with E-state index in [-0.39, 0.29) is 11.8 Å². The number of aromatic amines is 1. The van der Waals surface area contributed by atoms with Crippen molar-refractivity contribution in [1.82, 2.24) is 25.3 Å². The largest absolute Gasteiger partial charge is 0.357 e. The first-order valence-electron chi connectivity index (χ1n) is 8.89. The van der Waals surface area contributed by atoms with E-state index >= 15 is 0 Å². The van der Waals surface area contributed by atoms with Crippen LogP contribution in [0.15, 0.2) is 36.5 Å². The Morgan fingerprint density at radius 3 is 2.69 bits per heavy atom. The molecule has 0 aliphatic carbocycles. The number of aryl methyl sites for hydroxylation is 1. The van der Waals surface area contributed by atoms with E-state index in [4.69, 9.17) is 0 Å². The number of hydrogen-bond donors (Lipinski definition) is 2. The van der Waals surface area contributed by atoms with Crippen LogP contribution in [-0.2, 0) is 11.2 Å². The molecule has 1 aromatic carbocycles. The SMILES string of the molecule is CNC(=O)C1CN(CCc2ccccc2)CCN1C(=O)c1cn[nH]c1C. The van der Waals surface area contributed by atoms with Crippen molar-refractivity contribution in [3.8, 4) is 0 Å². The number of benzene rings is 1. The minimum absolute atomic E-state index is 0.135. The zero-order valence-electron chi connectivity index (χ0n) is 15.2. The smallest absolute Gasteiger partial charge is 0.258 e. The monoisotopic (exact) mass is 355 g/mol. The highest BCUT2D eigenvalue weighted by atomic mass is 16.2. The Bertz CT molecular complexity index is 758. The van der Waals surface area contributed by atoms with Gasteiger partial charge in [-0.25, -0.2) is 0 Å². The van der Waals surface area contributed by atoms with E-state index in [2.05, 4.69) is 32.5 Å². The molecule has 0 radical (unpaired) electrons. The van der Waals surface area contributed by atoms with Crippen LogP contribution in [0.2, 0.25) is 0 Å². The zero-order chi connectivity index (χ0) is 18.5. The minimum Gasteiger partial charge on any atom is -0.357 e. The molecule has 1 atom stereocenters. The molecule has 7 heteroatoms. The van der Waals surface area contributed by atoms with Gasteiger partial charge in [0.05, 0.1) is 11.8 Å². The molecule has 2 amide bonds. The van der Waals surface area contributed by atoms with Crippen molar-refractivity contribution in [2.45, 2.75) is 19.4 Å². The molecule has 1 aromatic heterocycles. The number of H-pyrrole nitrogens is 1. The number of carbonyl (C=O) groups excluding carboxylic acids is 2. The van der Waals surface area contributed by atoms with Crippen molar-refractivity contribution in [3.63, 3.8) is 0 Å². The number of likely N-dealkylation sites (N-methyl/N-ethyl adjacent to an activating group) is 1. The zero-order valence-corrected chi connectivity index (χ0v) is 15.2. The lowest BCUT2D eigenvalue weighted by molar-refractivity contribution is -0.127. The van der Waals surface area contributed by atoms with Crippen molar-refractivity contribution in [3.05, 3.63) is 53.3 Å². The van der Waals surface area contributed by atoms with E-state index < -0.39 is 6.04 Å². The van der Waals surface area contributed by atoms with Gasteiger partial charge in [0.25, 0.3) is 5.91 Å². The van der Waals surface area contributed by atoms with E-state index in [0.29, 0.717) is 18.7 Å². The fourth-order valence-corrected chi connectivity index (χ4v) is 3.33. The fourth-order valence-electron chi connectivity index (χ4n) is 3.33. The predicted molar refractivity (Wildman–Crippen MR) is 98.8 cm³/mol. The van der Waals surface area contributed by atoms with Crippen LogP contribution in [0.5, 0.6) is 0 Å². The van der Waals surface area contributed by atoms with Crippen molar-refractivity contribution in [2.24, 2.45) is 0 Å². The molecule has 2 N–H and O–H groups in total. The third kappa shape index (κ3) is 3.94. The van der Waals surface area contributed by atoms with Crippen LogP contribution in [0.1, 0.15) is 21.6 Å². The summed E-state index contributed by atoms with van der Waals surface area (Å²) in [6.07, 6.45) is 2.45. The van der Waals surface area contributed by atoms with Crippen molar-refractivity contribution >= 4 is 11.8 Å². The van der Waals surface area contributed by atoms with E-state index in [9.17, 15) is 9.59 Å². The molecule has 1 aliphatic rings. The van der Waals surface area contributed by atoms with Gasteiger partial charge in [-0.05, 0) is 18.9 Å². The normalized spacial score (nSPS) is 17.9. The number of piperazine rings is 1. The van der Waals surface area contributed by atoms with Gasteiger partial charge >= 0.3 is 0 Å². The van der Waals surface area contributed by atoms with Crippen LogP contribution in [0.4, 0.5) is 0 Å². The van der Waals surface area contributed by atoms with Crippen LogP contribution < -0.4 is 5.32 Å². The van der Waals surface area contributed by atoms with Crippen LogP contribution in [0.25, 0.3) is 0 Å². The lowest BCUT2D eigenvalue weighted by Crippen LogP contribution is -2.60. The summed E-state index contributed by atoms with van der Waals surface area (Å²) >= 11 is 0. The maximum Gasteiger partial charge on any atom is 0.258 e. The van der Waals surface area contributed by atoms with E-state index in [1.807, 2.05) is 25.1 Å². The molecule has 26 heavy (non-hydrogen) atoms. The molecule has 138 valence electrons. The number of aromatic nitrogens is 2. The first-order valence-corrected chi connectivity index (χ1v) is 8.89. The first kappa shape index (κ1) is 18.1. The Morgan fingerprint density at radius 2 is 2.04 bits per heavy atom. The summed E-state index contributed by atoms with van der Waals surface area (Å²) in [6.45, 7) is 4.49. The third-order valence-corrected chi connectivity index (χ3v) is 4.89. The summed E-state index contributed by atoms with van der Waals surface area (Å²) in [5.41, 5.74) is 2.52. The van der Waals surface area contributed by atoms with Gasteiger partial charge in [-0.2, -0.15) is 5.10 Å². The lowest BCUT2D eigenvalue weighted by Gasteiger charge is -2.40. The van der Waals surface area contributed by atoms with Crippen LogP contribution in [-0.4, -0.2) is 71.1 Å². The topological polar surface area (TPSA) is 81.3 Å². The second-order valence-corrected chi connectivity index (χ2v) is 6.57. The maximum atomic E-state index is 12.9. The number of rotatable bonds is 5. The molecule has 0 spiro atoms. The molecule has 0 saturated carbocycles. The molecule has 7 nitrogen and oxygen atoms in total. The van der Waals surface area contributed by atoms with E-state index in [0.717, 1.165) is 25.2 Å². The van der Waals surface area contributed by atoms with E-state index in [1.54, 1.807) is 11.9 Å². The Morgan fingerprint density at radius 1 is 1.27 bits per heavy atom. The Labute approximate surface area is 153 Å². The average molecular weight is 355 g/mol. The van der Waals surface area contributed by atoms with Gasteiger partial charge in [0.1, 0.15) is 6.04 Å². The van der Waals surface area contributed by atoms with Crippen molar-refractivity contribution in [1.29, 1.82) is 0 Å². The molecule has 1 aliphatic heterocycles. The van der Waals surface area contributed by atoms with Gasteiger partial charge in [-0.1, -0.05) is 30.3 Å². The number of carbonyl (C=O) groups is 2. The van der Waals surface area contributed by atoms with Crippen LogP contribution in [0, 0.1) is 6.92 Å². The highest BCUT2D eigenvalue weighted by Gasteiger charge is 2.35. The molecule has 1 fully saturated rings. The molecular weight excluding hydrogens is 330 g/mol. The van der Waals surface area contributed by atoms with Gasteiger partial charge in [0.2, 0.25) is 5.91 Å². The van der Waals surface area contributed by atoms with Crippen LogP contribution in [0.3, 0.4) is 0 Å². The maximum absolute atomic E-state index is 12.9. The molecule has 2 aromatic rings. The average Bonchev–Trinajstić information content (AvgIpc) is 3.11. The second-order valence-electron chi connectivity index (χ2n) is 6.57. The highest BCUT2D eigenvalue weighted by Crippen LogP contribution is 2.16. The summed E-state index contributed by atoms with van der Waals surface area (Å²) in [7, 11) is 1.61. The van der Waals surface area contributed by atoms with Crippen molar-refractivity contribution in [2.75, 3.05) is 33.2 Å². The standard InChI is InChI=1S/C19H25N5O2/c1-14-16(12-21-22-14)19(26)24-11-10-23(13-17(24)18(25)20-2)9-8-15-6-4-3-5-7-15/h3-7,12,17H,8-11,13H2,1-2H3,(H,20,25)(H,21,22). The predicted octanol–water partition coefficient (Wildman–Crippen LogP) is 0.833. The first-order chi connectivity index (χ1) is 12.6. The highest BCUT2D eigenvalue weighted by molar-refractivity contribution is 5.98. The van der Waals surface area contributed by atoms with Gasteiger partial charge in [-0.3, -0.25) is 19.6 Å². The van der Waals surface area contributed by atoms with Gasteiger partial charge in [0, 0.05) is 38.9 Å². The van der Waals surface area contributed by atoms with Gasteiger partial charge in [-0.15, -0.1) is 0 Å². The second kappa shape index (κ2) is 8.14. The summed E-state index contributed by atoms with van der Waals surface area (Å²) < 4.78 is 0. The third-order valence-electron chi connectivity index (χ3n) is 4.89. The Hall–Kier alpha value is -2.67. The quantitative estimate of drug-likeness (QED) is 0.833. The molecule has 1 unspecified atom stereocenters. The molecule has 0 bridgehead atoms. The fraction of sp³-hybridized carbons (Fsp3) is 0.421. The van der Waals surface area contributed by atoms with Crippen LogP contribution >= 0.6 is 0 Å². The Balaban J connectivity index is 1.68. The summed E-state index contributed by atoms with van der Waals surface area (Å²) in [6, 6.07) is 9.80. The summed E-state index contributed by atoms with van der Waals surface area (Å²) in [4.78, 5) is 29.2. The Kier molecular flexibility index (Phi) is 5.68. The van der Waals surface area contributed by atoms with Crippen molar-refractivity contribution < 1.29 is 9.59 Å². The molecule has 3 rings (SSSR count). The lowest BCUT2D eigenvalue weighted by atomic mass is 10.1. The minimum atomic E-state index is -0.494. The number of amides is 2. The number of hydrogen-bond acceptors (Lipinski definition) is 4. The molecular formula is C19H25N5O2. The molecule has 2 heterocycles. The van der Waals surface area contributed by atoms with E-state index in [1.165, 1.54) is 11.8 Å². The summed E-state index contributed by atoms with van der Waals surface area (Å²) in [5, 5.41) is 9.40.